The largest absolute Gasteiger partial charge is 0.395 e. The van der Waals surface area contributed by atoms with E-state index in [9.17, 15) is 8.78 Å². The van der Waals surface area contributed by atoms with Crippen molar-refractivity contribution >= 4 is 11.4 Å². The third-order valence-corrected chi connectivity index (χ3v) is 3.69. The van der Waals surface area contributed by atoms with Crippen molar-refractivity contribution in [1.29, 1.82) is 0 Å². The molecule has 3 N–H and O–H groups in total. The van der Waals surface area contributed by atoms with E-state index in [2.05, 4.69) is 12.2 Å². The van der Waals surface area contributed by atoms with Crippen LogP contribution >= 0.6 is 0 Å². The summed E-state index contributed by atoms with van der Waals surface area (Å²) in [7, 11) is 0. The van der Waals surface area contributed by atoms with Gasteiger partial charge >= 0.3 is 0 Å². The molecule has 0 bridgehead atoms. The SMILES string of the molecule is CC1CCCC1CNc1cc(F)cc(F)c1N. The zero-order valence-electron chi connectivity index (χ0n) is 9.97. The summed E-state index contributed by atoms with van der Waals surface area (Å²) in [5.41, 5.74) is 5.93. The molecular weight excluding hydrogens is 222 g/mol. The van der Waals surface area contributed by atoms with E-state index >= 15 is 0 Å². The van der Waals surface area contributed by atoms with E-state index in [1.807, 2.05) is 0 Å². The smallest absolute Gasteiger partial charge is 0.151 e. The van der Waals surface area contributed by atoms with Gasteiger partial charge in [0.1, 0.15) is 5.82 Å². The molecule has 1 aromatic carbocycles. The quantitative estimate of drug-likeness (QED) is 0.795. The molecule has 0 heterocycles. The predicted molar refractivity (Wildman–Crippen MR) is 65.8 cm³/mol. The van der Waals surface area contributed by atoms with Crippen LogP contribution in [0.1, 0.15) is 26.2 Å². The van der Waals surface area contributed by atoms with Crippen LogP contribution in [0.15, 0.2) is 12.1 Å². The number of halogens is 2. The highest BCUT2D eigenvalue weighted by molar-refractivity contribution is 5.66. The molecule has 0 amide bonds. The second-order valence-electron chi connectivity index (χ2n) is 4.90. The van der Waals surface area contributed by atoms with Gasteiger partial charge in [-0.25, -0.2) is 8.78 Å². The van der Waals surface area contributed by atoms with Crippen molar-refractivity contribution in [3.05, 3.63) is 23.8 Å². The second kappa shape index (κ2) is 4.90. The molecule has 0 spiro atoms. The first-order valence-electron chi connectivity index (χ1n) is 6.06. The Morgan fingerprint density at radius 2 is 2.12 bits per heavy atom. The summed E-state index contributed by atoms with van der Waals surface area (Å²) in [4.78, 5) is 0. The van der Waals surface area contributed by atoms with Gasteiger partial charge in [-0.3, -0.25) is 0 Å². The summed E-state index contributed by atoms with van der Waals surface area (Å²) in [5.74, 6) is -0.0616. The molecule has 0 aliphatic heterocycles. The second-order valence-corrected chi connectivity index (χ2v) is 4.90. The van der Waals surface area contributed by atoms with Gasteiger partial charge < -0.3 is 11.1 Å². The van der Waals surface area contributed by atoms with Crippen LogP contribution in [0.2, 0.25) is 0 Å². The van der Waals surface area contributed by atoms with Crippen molar-refractivity contribution < 1.29 is 8.78 Å². The van der Waals surface area contributed by atoms with Crippen molar-refractivity contribution in [2.24, 2.45) is 11.8 Å². The van der Waals surface area contributed by atoms with Crippen LogP contribution in [0.5, 0.6) is 0 Å². The summed E-state index contributed by atoms with van der Waals surface area (Å²) in [6.07, 6.45) is 3.64. The molecule has 0 radical (unpaired) electrons. The predicted octanol–water partition coefficient (Wildman–Crippen LogP) is 3.40. The maximum atomic E-state index is 13.2. The first-order chi connectivity index (χ1) is 8.08. The third-order valence-electron chi connectivity index (χ3n) is 3.69. The van der Waals surface area contributed by atoms with Crippen LogP contribution in [-0.2, 0) is 0 Å². The maximum absolute atomic E-state index is 13.2. The zero-order chi connectivity index (χ0) is 12.4. The monoisotopic (exact) mass is 240 g/mol. The number of hydrogen-bond acceptors (Lipinski definition) is 2. The molecule has 1 aromatic rings. The lowest BCUT2D eigenvalue weighted by Gasteiger charge is -2.18. The van der Waals surface area contributed by atoms with Gasteiger partial charge in [-0.1, -0.05) is 19.8 Å². The summed E-state index contributed by atoms with van der Waals surface area (Å²) < 4.78 is 26.3. The highest BCUT2D eigenvalue weighted by Gasteiger charge is 2.23. The van der Waals surface area contributed by atoms with E-state index in [1.165, 1.54) is 25.3 Å². The van der Waals surface area contributed by atoms with Crippen LogP contribution in [0.25, 0.3) is 0 Å². The summed E-state index contributed by atoms with van der Waals surface area (Å²) in [6.45, 7) is 2.95. The number of rotatable bonds is 3. The molecule has 0 saturated heterocycles. The fraction of sp³-hybridized carbons (Fsp3) is 0.538. The number of nitrogens with two attached hydrogens (primary N) is 1. The fourth-order valence-electron chi connectivity index (χ4n) is 2.50. The molecule has 2 rings (SSSR count). The molecule has 17 heavy (non-hydrogen) atoms. The number of nitrogens with one attached hydrogen (secondary N) is 1. The van der Waals surface area contributed by atoms with Crippen molar-refractivity contribution in [2.45, 2.75) is 26.2 Å². The van der Waals surface area contributed by atoms with Crippen LogP contribution < -0.4 is 11.1 Å². The Kier molecular flexibility index (Phi) is 3.50. The van der Waals surface area contributed by atoms with Gasteiger partial charge in [-0.15, -0.1) is 0 Å². The van der Waals surface area contributed by atoms with E-state index in [4.69, 9.17) is 5.73 Å². The number of hydrogen-bond donors (Lipinski definition) is 2. The van der Waals surface area contributed by atoms with Gasteiger partial charge in [0.2, 0.25) is 0 Å². The van der Waals surface area contributed by atoms with Crippen LogP contribution in [0.4, 0.5) is 20.2 Å². The van der Waals surface area contributed by atoms with Gasteiger partial charge in [0.05, 0.1) is 11.4 Å². The van der Waals surface area contributed by atoms with Gasteiger partial charge in [0.25, 0.3) is 0 Å². The highest BCUT2D eigenvalue weighted by Crippen LogP contribution is 2.32. The van der Waals surface area contributed by atoms with Crippen molar-refractivity contribution in [2.75, 3.05) is 17.6 Å². The molecule has 94 valence electrons. The molecule has 1 saturated carbocycles. The van der Waals surface area contributed by atoms with Crippen molar-refractivity contribution in [1.82, 2.24) is 0 Å². The Morgan fingerprint density at radius 1 is 1.35 bits per heavy atom. The topological polar surface area (TPSA) is 38.0 Å². The molecule has 0 aromatic heterocycles. The lowest BCUT2D eigenvalue weighted by Crippen LogP contribution is -2.17. The van der Waals surface area contributed by atoms with Gasteiger partial charge in [0, 0.05) is 12.6 Å². The normalized spacial score (nSPS) is 23.9. The van der Waals surface area contributed by atoms with Gasteiger partial charge in [0.15, 0.2) is 5.82 Å². The first kappa shape index (κ1) is 12.1. The van der Waals surface area contributed by atoms with Crippen LogP contribution in [-0.4, -0.2) is 6.54 Å². The molecular formula is C13H18F2N2. The van der Waals surface area contributed by atoms with Crippen LogP contribution in [0, 0.1) is 23.5 Å². The number of anilines is 2. The van der Waals surface area contributed by atoms with E-state index in [0.717, 1.165) is 12.6 Å². The lowest BCUT2D eigenvalue weighted by atomic mass is 9.98. The third kappa shape index (κ3) is 2.68. The fourth-order valence-corrected chi connectivity index (χ4v) is 2.50. The average Bonchev–Trinajstić information content (AvgIpc) is 2.67. The van der Waals surface area contributed by atoms with E-state index < -0.39 is 11.6 Å². The minimum Gasteiger partial charge on any atom is -0.395 e. The molecule has 4 heteroatoms. The van der Waals surface area contributed by atoms with Crippen molar-refractivity contribution in [3.63, 3.8) is 0 Å². The molecule has 1 fully saturated rings. The van der Waals surface area contributed by atoms with E-state index in [0.29, 0.717) is 17.5 Å². The summed E-state index contributed by atoms with van der Waals surface area (Å²) in [6, 6.07) is 2.05. The number of nitrogen functional groups attached to an aromatic ring is 1. The lowest BCUT2D eigenvalue weighted by molar-refractivity contribution is 0.439. The highest BCUT2D eigenvalue weighted by atomic mass is 19.1. The van der Waals surface area contributed by atoms with E-state index in [1.54, 1.807) is 0 Å². The number of benzene rings is 1. The Bertz CT molecular complexity index is 407. The molecule has 2 atom stereocenters. The maximum Gasteiger partial charge on any atom is 0.151 e. The standard InChI is InChI=1S/C13H18F2N2/c1-8-3-2-4-9(8)7-17-12-6-10(14)5-11(15)13(12)16/h5-6,8-9,17H,2-4,7,16H2,1H3. The Balaban J connectivity index is 2.03. The van der Waals surface area contributed by atoms with Gasteiger partial charge in [-0.2, -0.15) is 0 Å². The van der Waals surface area contributed by atoms with E-state index in [-0.39, 0.29) is 5.69 Å². The Labute approximate surface area is 100 Å². The first-order valence-corrected chi connectivity index (χ1v) is 6.06. The Morgan fingerprint density at radius 3 is 2.76 bits per heavy atom. The molecule has 2 nitrogen and oxygen atoms in total. The minimum atomic E-state index is -0.702. The Hall–Kier alpha value is -1.32. The molecule has 1 aliphatic carbocycles. The minimum absolute atomic E-state index is 0.00273. The summed E-state index contributed by atoms with van der Waals surface area (Å²) in [5, 5.41) is 3.06. The molecule has 1 aliphatic rings. The van der Waals surface area contributed by atoms with Crippen LogP contribution in [0.3, 0.4) is 0 Å². The van der Waals surface area contributed by atoms with Gasteiger partial charge in [-0.05, 0) is 24.3 Å². The molecule has 2 unspecified atom stereocenters. The summed E-state index contributed by atoms with van der Waals surface area (Å²) >= 11 is 0. The van der Waals surface area contributed by atoms with Crippen molar-refractivity contribution in [3.8, 4) is 0 Å². The average molecular weight is 240 g/mol. The zero-order valence-corrected chi connectivity index (χ0v) is 9.97.